The van der Waals surface area contributed by atoms with Crippen LogP contribution in [0.1, 0.15) is 38.2 Å². The van der Waals surface area contributed by atoms with E-state index in [0.29, 0.717) is 12.0 Å². The van der Waals surface area contributed by atoms with Crippen molar-refractivity contribution in [3.05, 3.63) is 29.6 Å². The van der Waals surface area contributed by atoms with Gasteiger partial charge in [-0.25, -0.2) is 4.39 Å². The molecule has 1 unspecified atom stereocenters. The number of rotatable bonds is 5. The van der Waals surface area contributed by atoms with Gasteiger partial charge < -0.3 is 15.3 Å². The second kappa shape index (κ2) is 6.32. The van der Waals surface area contributed by atoms with E-state index in [1.807, 2.05) is 13.0 Å². The van der Waals surface area contributed by atoms with Gasteiger partial charge in [-0.15, -0.1) is 0 Å². The summed E-state index contributed by atoms with van der Waals surface area (Å²) >= 11 is 0. The van der Waals surface area contributed by atoms with Crippen molar-refractivity contribution in [3.8, 4) is 0 Å². The lowest BCUT2D eigenvalue weighted by molar-refractivity contribution is 0.110. The molecule has 1 atom stereocenters. The number of nitrogens with zero attached hydrogens (tertiary/aromatic N) is 1. The van der Waals surface area contributed by atoms with Gasteiger partial charge in [0.25, 0.3) is 0 Å². The number of aliphatic hydroxyl groups is 1. The van der Waals surface area contributed by atoms with Crippen LogP contribution >= 0.6 is 0 Å². The Kier molecular flexibility index (Phi) is 4.45. The standard InChI is InChI=1S/C17H25FN2O/c1-12(21)13-7-9-20(10-8-13)17-14(3-2-4-16(17)18)11-19-15-5-6-15/h2-4,12-13,15,19,21H,5-11H2,1H3. The highest BCUT2D eigenvalue weighted by atomic mass is 19.1. The minimum atomic E-state index is -0.260. The molecule has 0 bridgehead atoms. The molecule has 1 aromatic rings. The number of nitrogens with one attached hydrogen (secondary N) is 1. The maximum Gasteiger partial charge on any atom is 0.146 e. The van der Waals surface area contributed by atoms with Crippen LogP contribution in [-0.4, -0.2) is 30.3 Å². The van der Waals surface area contributed by atoms with Gasteiger partial charge >= 0.3 is 0 Å². The Balaban J connectivity index is 1.71. The van der Waals surface area contributed by atoms with Crippen molar-refractivity contribution in [3.63, 3.8) is 0 Å². The highest BCUT2D eigenvalue weighted by molar-refractivity contribution is 5.55. The van der Waals surface area contributed by atoms with Gasteiger partial charge in [0.05, 0.1) is 11.8 Å². The fraction of sp³-hybridized carbons (Fsp3) is 0.647. The molecular weight excluding hydrogens is 267 g/mol. The SMILES string of the molecule is CC(O)C1CCN(c2c(F)cccc2CNC2CC2)CC1. The molecule has 0 radical (unpaired) electrons. The highest BCUT2D eigenvalue weighted by Gasteiger charge is 2.26. The maximum atomic E-state index is 14.3. The molecule has 116 valence electrons. The van der Waals surface area contributed by atoms with Gasteiger partial charge in [-0.2, -0.15) is 0 Å². The summed E-state index contributed by atoms with van der Waals surface area (Å²) in [6.45, 7) is 4.25. The van der Waals surface area contributed by atoms with E-state index in [4.69, 9.17) is 0 Å². The van der Waals surface area contributed by atoms with Crippen LogP contribution in [0.2, 0.25) is 0 Å². The van der Waals surface area contributed by atoms with Crippen molar-refractivity contribution >= 4 is 5.69 Å². The minimum Gasteiger partial charge on any atom is -0.393 e. The fourth-order valence-corrected chi connectivity index (χ4v) is 3.20. The first kappa shape index (κ1) is 14.8. The predicted octanol–water partition coefficient (Wildman–Crippen LogP) is 2.67. The molecule has 1 aliphatic heterocycles. The molecule has 0 aromatic heterocycles. The first-order valence-corrected chi connectivity index (χ1v) is 8.09. The molecule has 1 saturated carbocycles. The largest absolute Gasteiger partial charge is 0.393 e. The Bertz CT molecular complexity index is 480. The Morgan fingerprint density at radius 1 is 1.29 bits per heavy atom. The molecule has 0 spiro atoms. The van der Waals surface area contributed by atoms with Crippen molar-refractivity contribution in [2.24, 2.45) is 5.92 Å². The van der Waals surface area contributed by atoms with E-state index >= 15 is 0 Å². The molecule has 3 nitrogen and oxygen atoms in total. The summed E-state index contributed by atoms with van der Waals surface area (Å²) in [5.41, 5.74) is 1.81. The number of hydrogen-bond acceptors (Lipinski definition) is 3. The third-order valence-corrected chi connectivity index (χ3v) is 4.77. The van der Waals surface area contributed by atoms with Crippen molar-refractivity contribution in [2.45, 2.75) is 51.3 Å². The molecule has 2 N–H and O–H groups in total. The van der Waals surface area contributed by atoms with E-state index in [1.54, 1.807) is 12.1 Å². The fourth-order valence-electron chi connectivity index (χ4n) is 3.20. The summed E-state index contributed by atoms with van der Waals surface area (Å²) in [5, 5.41) is 13.2. The van der Waals surface area contributed by atoms with E-state index in [-0.39, 0.29) is 11.9 Å². The maximum absolute atomic E-state index is 14.3. The van der Waals surface area contributed by atoms with E-state index in [2.05, 4.69) is 10.2 Å². The molecule has 2 fully saturated rings. The van der Waals surface area contributed by atoms with Gasteiger partial charge in [0.15, 0.2) is 0 Å². The Labute approximate surface area is 126 Å². The lowest BCUT2D eigenvalue weighted by Crippen LogP contribution is -2.38. The lowest BCUT2D eigenvalue weighted by Gasteiger charge is -2.36. The Morgan fingerprint density at radius 2 is 2.00 bits per heavy atom. The normalized spacial score (nSPS) is 21.6. The number of halogens is 1. The predicted molar refractivity (Wildman–Crippen MR) is 82.9 cm³/mol. The number of benzene rings is 1. The zero-order chi connectivity index (χ0) is 14.8. The van der Waals surface area contributed by atoms with Crippen LogP contribution in [0, 0.1) is 11.7 Å². The molecule has 1 saturated heterocycles. The van der Waals surface area contributed by atoms with Crippen LogP contribution in [-0.2, 0) is 6.54 Å². The Hall–Kier alpha value is -1.13. The number of aliphatic hydroxyl groups excluding tert-OH is 1. The van der Waals surface area contributed by atoms with Crippen LogP contribution in [0.5, 0.6) is 0 Å². The molecule has 3 rings (SSSR count). The summed E-state index contributed by atoms with van der Waals surface area (Å²) in [6.07, 6.45) is 4.08. The average molecular weight is 292 g/mol. The number of para-hydroxylation sites is 1. The van der Waals surface area contributed by atoms with E-state index in [9.17, 15) is 9.50 Å². The van der Waals surface area contributed by atoms with Crippen LogP contribution in [0.4, 0.5) is 10.1 Å². The lowest BCUT2D eigenvalue weighted by atomic mass is 9.91. The third kappa shape index (κ3) is 3.55. The highest BCUT2D eigenvalue weighted by Crippen LogP contribution is 2.30. The van der Waals surface area contributed by atoms with Gasteiger partial charge in [0, 0.05) is 25.7 Å². The van der Waals surface area contributed by atoms with E-state index in [1.165, 1.54) is 12.8 Å². The van der Waals surface area contributed by atoms with Gasteiger partial charge in [0.2, 0.25) is 0 Å². The van der Waals surface area contributed by atoms with E-state index in [0.717, 1.165) is 43.7 Å². The zero-order valence-corrected chi connectivity index (χ0v) is 12.7. The summed E-state index contributed by atoms with van der Waals surface area (Å²) in [4.78, 5) is 2.15. The van der Waals surface area contributed by atoms with Gasteiger partial charge in [-0.05, 0) is 50.2 Å². The first-order chi connectivity index (χ1) is 10.1. The smallest absolute Gasteiger partial charge is 0.146 e. The summed E-state index contributed by atoms with van der Waals surface area (Å²) in [6, 6.07) is 6.00. The van der Waals surface area contributed by atoms with Crippen LogP contribution in [0.15, 0.2) is 18.2 Å². The molecule has 0 amide bonds. The summed E-state index contributed by atoms with van der Waals surface area (Å²) in [5.74, 6) is 0.224. The van der Waals surface area contributed by atoms with Crippen molar-refractivity contribution in [2.75, 3.05) is 18.0 Å². The second-order valence-electron chi connectivity index (χ2n) is 6.47. The average Bonchev–Trinajstić information content (AvgIpc) is 3.29. The summed E-state index contributed by atoms with van der Waals surface area (Å²) < 4.78 is 14.3. The quantitative estimate of drug-likeness (QED) is 0.876. The molecule has 4 heteroatoms. The molecule has 1 aliphatic carbocycles. The van der Waals surface area contributed by atoms with Crippen molar-refractivity contribution in [1.82, 2.24) is 5.32 Å². The molecule has 1 aromatic carbocycles. The molecule has 2 aliphatic rings. The van der Waals surface area contributed by atoms with Gasteiger partial charge in [-0.3, -0.25) is 0 Å². The minimum absolute atomic E-state index is 0.124. The van der Waals surface area contributed by atoms with Crippen molar-refractivity contribution < 1.29 is 9.50 Å². The Morgan fingerprint density at radius 3 is 2.62 bits per heavy atom. The molecule has 1 heterocycles. The third-order valence-electron chi connectivity index (χ3n) is 4.77. The van der Waals surface area contributed by atoms with Crippen LogP contribution in [0.3, 0.4) is 0 Å². The van der Waals surface area contributed by atoms with Gasteiger partial charge in [0.1, 0.15) is 5.82 Å². The monoisotopic (exact) mass is 292 g/mol. The van der Waals surface area contributed by atoms with Crippen LogP contribution in [0.25, 0.3) is 0 Å². The molecular formula is C17H25FN2O. The summed E-state index contributed by atoms with van der Waals surface area (Å²) in [7, 11) is 0. The van der Waals surface area contributed by atoms with Gasteiger partial charge in [-0.1, -0.05) is 12.1 Å². The second-order valence-corrected chi connectivity index (χ2v) is 6.47. The number of hydrogen-bond donors (Lipinski definition) is 2. The van der Waals surface area contributed by atoms with Crippen LogP contribution < -0.4 is 10.2 Å². The topological polar surface area (TPSA) is 35.5 Å². The number of anilines is 1. The zero-order valence-electron chi connectivity index (χ0n) is 12.7. The first-order valence-electron chi connectivity index (χ1n) is 8.09. The number of piperidine rings is 1. The molecule has 21 heavy (non-hydrogen) atoms. The van der Waals surface area contributed by atoms with Crippen molar-refractivity contribution in [1.29, 1.82) is 0 Å². The van der Waals surface area contributed by atoms with E-state index < -0.39 is 0 Å².